The minimum absolute atomic E-state index is 0.00344. The van der Waals surface area contributed by atoms with Crippen molar-refractivity contribution in [2.24, 2.45) is 28.2 Å². The highest BCUT2D eigenvalue weighted by Crippen LogP contribution is 2.36. The summed E-state index contributed by atoms with van der Waals surface area (Å²) in [6, 6.07) is 12.8. The Balaban J connectivity index is 0.000000171. The van der Waals surface area contributed by atoms with Crippen LogP contribution in [0.4, 0.5) is 46.5 Å². The summed E-state index contributed by atoms with van der Waals surface area (Å²) >= 11 is 25.5. The van der Waals surface area contributed by atoms with Gasteiger partial charge in [0, 0.05) is 121 Å². The van der Waals surface area contributed by atoms with Gasteiger partial charge in [-0.15, -0.1) is 0 Å². The number of carbonyl (C=O) groups is 4. The Morgan fingerprint density at radius 1 is 0.384 bits per heavy atom. The number of benzene rings is 4. The number of aryl methyl sites for hydroxylation is 10. The number of methoxy groups -OCH3 is 7. The lowest BCUT2D eigenvalue weighted by Crippen LogP contribution is -2.08. The zero-order valence-corrected chi connectivity index (χ0v) is 65.6. The Morgan fingerprint density at radius 3 is 1.00 bits per heavy atom. The first-order chi connectivity index (χ1) is 53.9. The average Bonchev–Trinajstić information content (AvgIpc) is 0.922. The summed E-state index contributed by atoms with van der Waals surface area (Å²) in [5.41, 5.74) is 11.1. The first-order valence-electron chi connectivity index (χ1n) is 33.8. The summed E-state index contributed by atoms with van der Waals surface area (Å²) in [6.45, 7) is 0.00344. The summed E-state index contributed by atoms with van der Waals surface area (Å²) in [5, 5.41) is 39.6. The van der Waals surface area contributed by atoms with Crippen molar-refractivity contribution in [3.05, 3.63) is 235 Å². The summed E-state index contributed by atoms with van der Waals surface area (Å²) in [4.78, 5) is 81.5. The Bertz CT molecular complexity index is 5220. The van der Waals surface area contributed by atoms with Crippen LogP contribution in [0.3, 0.4) is 0 Å². The number of nitrogens with zero attached hydrogens (tertiary/aromatic N) is 16. The van der Waals surface area contributed by atoms with Crippen LogP contribution in [0.5, 0.6) is 23.0 Å². The van der Waals surface area contributed by atoms with Crippen LogP contribution < -0.4 is 40.2 Å². The number of Topliss-reactive ketones (excluding diaryl/α,β-unsaturated/α-hetero) is 1. The lowest BCUT2D eigenvalue weighted by molar-refractivity contribution is 0.0591. The fourth-order valence-corrected chi connectivity index (χ4v) is 11.5. The van der Waals surface area contributed by atoms with Gasteiger partial charge in [0.2, 0.25) is 23.8 Å². The van der Waals surface area contributed by atoms with Gasteiger partial charge in [0.15, 0.2) is 5.78 Å². The Hall–Kier alpha value is -12.6. The van der Waals surface area contributed by atoms with Crippen LogP contribution in [-0.4, -0.2) is 164 Å². The molecule has 0 saturated heterocycles. The zero-order chi connectivity index (χ0) is 80.4. The number of esters is 2. The molecule has 0 radical (unpaired) electrons. The molecule has 0 unspecified atom stereocenters. The maximum atomic E-state index is 12.2. The number of carboxylic acids is 1. The van der Waals surface area contributed by atoms with E-state index < -0.39 is 17.9 Å². The molecule has 32 nitrogen and oxygen atoms in total. The third-order valence-corrected chi connectivity index (χ3v) is 17.8. The van der Waals surface area contributed by atoms with Crippen LogP contribution in [0.2, 0.25) is 20.1 Å². The number of ketones is 1. The van der Waals surface area contributed by atoms with Gasteiger partial charge in [-0.3, -0.25) is 23.5 Å². The van der Waals surface area contributed by atoms with Gasteiger partial charge in [-0.05, 0) is 126 Å². The molecule has 112 heavy (non-hydrogen) atoms. The molecule has 0 aliphatic carbocycles. The zero-order valence-electron chi connectivity index (χ0n) is 62.6. The van der Waals surface area contributed by atoms with Crippen molar-refractivity contribution in [1.82, 2.24) is 79.0 Å². The monoisotopic (exact) mass is 1600 g/mol. The van der Waals surface area contributed by atoms with E-state index >= 15 is 0 Å². The highest BCUT2D eigenvalue weighted by Gasteiger charge is 2.20. The molecular formula is C76H78Cl4N20O12. The maximum Gasteiger partial charge on any atom is 0.338 e. The minimum atomic E-state index is -1.03. The largest absolute Gasteiger partial charge is 0.495 e. The molecule has 0 amide bonds. The number of anilines is 8. The summed E-state index contributed by atoms with van der Waals surface area (Å²) in [7, 11) is 17.4. The molecule has 582 valence electrons. The quantitative estimate of drug-likeness (QED) is 0.0215. The van der Waals surface area contributed by atoms with E-state index in [4.69, 9.17) is 79.6 Å². The first-order valence-corrected chi connectivity index (χ1v) is 35.3. The van der Waals surface area contributed by atoms with Crippen LogP contribution in [-0.2, 0) is 80.9 Å². The van der Waals surface area contributed by atoms with Gasteiger partial charge < -0.3 is 59.5 Å². The van der Waals surface area contributed by atoms with Gasteiger partial charge in [0.1, 0.15) is 29.6 Å². The van der Waals surface area contributed by atoms with E-state index in [-0.39, 0.29) is 18.0 Å². The van der Waals surface area contributed by atoms with E-state index in [9.17, 15) is 24.3 Å². The highest BCUT2D eigenvalue weighted by molar-refractivity contribution is 6.34. The molecule has 12 rings (SSSR count). The van der Waals surface area contributed by atoms with E-state index in [2.05, 4.69) is 81.5 Å². The number of halogens is 4. The Morgan fingerprint density at radius 2 is 0.688 bits per heavy atom. The number of hydrogen-bond donors (Lipinski definition) is 5. The molecule has 8 heterocycles. The predicted molar refractivity (Wildman–Crippen MR) is 423 cm³/mol. The van der Waals surface area contributed by atoms with Crippen molar-refractivity contribution in [2.45, 2.75) is 38.5 Å². The van der Waals surface area contributed by atoms with Gasteiger partial charge in [-0.1, -0.05) is 58.6 Å². The fraction of sp³-hybridized carbons (Fsp3) is 0.237. The van der Waals surface area contributed by atoms with Gasteiger partial charge in [-0.25, -0.2) is 54.3 Å². The number of aromatic nitrogens is 16. The van der Waals surface area contributed by atoms with E-state index in [1.54, 1.807) is 142 Å². The van der Waals surface area contributed by atoms with Crippen molar-refractivity contribution >= 4 is 129 Å². The molecule has 4 aromatic carbocycles. The number of ether oxygens (including phenoxy) is 7. The minimum Gasteiger partial charge on any atom is -0.495 e. The van der Waals surface area contributed by atoms with Crippen molar-refractivity contribution in [3.63, 3.8) is 0 Å². The molecule has 0 spiro atoms. The van der Waals surface area contributed by atoms with Crippen molar-refractivity contribution in [2.75, 3.05) is 77.6 Å². The molecule has 0 aliphatic heterocycles. The standard InChI is InChI=1S/C20H22ClN5O3.C19H20ClN5O3.C19H18ClN5O3.C18H18ClN5O3/c1-26-11-16(10-24-26)25-20-22-8-13(9-23-20)4-5-14-6-15(17(27)12-28-2)7-18(29-3)19(14)21;2*1-25-11-15(10-23-25)24-19-21-8-12(9-22-19)4-5-13-6-14(18(26)28-3)7-16(27-2)17(13)20;1-24-10-14(9-22-24)23-18-20-7-11(8-21-18)3-4-12-5-13(17(25)26)6-15(27-2)16(12)19/h6-11H,4-5,12H2,1-3H3,(H,22,23,25);6-11H,4-5H2,1-3H3,(H,21,22,24);4-11H,1-3H3,(H,21,22,24);5-10H,3-4H2,1-2H3,(H,25,26)(H,20,21,23)/b;;5-4+;. The topological polar surface area (TPSA) is 376 Å². The lowest BCUT2D eigenvalue weighted by atomic mass is 10.0. The van der Waals surface area contributed by atoms with Gasteiger partial charge in [0.25, 0.3) is 0 Å². The third kappa shape index (κ3) is 23.9. The molecule has 0 fully saturated rings. The normalized spacial score (nSPS) is 10.7. The Kier molecular flexibility index (Phi) is 30.3. The highest BCUT2D eigenvalue weighted by atomic mass is 35.5. The average molecular weight is 1610 g/mol. The van der Waals surface area contributed by atoms with Crippen LogP contribution in [0.1, 0.15) is 85.9 Å². The summed E-state index contributed by atoms with van der Waals surface area (Å²) < 4.78 is 42.2. The maximum absolute atomic E-state index is 12.2. The van der Waals surface area contributed by atoms with Gasteiger partial charge in [-0.2, -0.15) is 20.4 Å². The SMILES string of the molecule is COC(=O)c1cc(/C=C/c2cnc(Nc3cnn(C)c3)nc2)c(Cl)c(OC)c1.COC(=O)c1cc(CCc2cnc(Nc3cnn(C)c3)nc2)c(Cl)c(OC)c1.COCC(=O)c1cc(CCc2cnc(Nc3cnn(C)c3)nc2)c(Cl)c(OC)c1.COc1cc(C(=O)O)cc(CCc2cnc(Nc3cnn(C)c3)nc2)c1Cl. The van der Waals surface area contributed by atoms with Crippen LogP contribution >= 0.6 is 46.4 Å². The van der Waals surface area contributed by atoms with Gasteiger partial charge in [0.05, 0.1) is 127 Å². The number of aromatic carboxylic acids is 1. The van der Waals surface area contributed by atoms with E-state index in [0.29, 0.717) is 133 Å². The number of nitrogens with one attached hydrogen (secondary N) is 4. The molecule has 8 aromatic heterocycles. The molecule has 12 aromatic rings. The molecule has 0 bridgehead atoms. The second-order valence-corrected chi connectivity index (χ2v) is 25.7. The number of carboxylic acid groups (broad SMARTS) is 1. The predicted octanol–water partition coefficient (Wildman–Crippen LogP) is 13.1. The Labute approximate surface area is 663 Å². The van der Waals surface area contributed by atoms with Crippen molar-refractivity contribution < 1.29 is 57.4 Å². The fourth-order valence-electron chi connectivity index (χ4n) is 10.4. The lowest BCUT2D eigenvalue weighted by Gasteiger charge is -2.12. The second kappa shape index (κ2) is 40.7. The smallest absolute Gasteiger partial charge is 0.338 e. The van der Waals surface area contributed by atoms with Crippen LogP contribution in [0.15, 0.2) is 148 Å². The number of rotatable bonds is 29. The number of carbonyl (C=O) groups excluding carboxylic acids is 3. The third-order valence-electron chi connectivity index (χ3n) is 16.1. The van der Waals surface area contributed by atoms with E-state index in [1.165, 1.54) is 61.9 Å². The summed E-state index contributed by atoms with van der Waals surface area (Å²) in [5.74, 6) is 1.48. The molecule has 36 heteroatoms. The molecular weight excluding hydrogens is 1530 g/mol. The van der Waals surface area contributed by atoms with Crippen molar-refractivity contribution in [1.29, 1.82) is 0 Å². The summed E-state index contributed by atoms with van der Waals surface area (Å²) in [6.07, 6.45) is 35.1. The second-order valence-electron chi connectivity index (χ2n) is 24.2. The van der Waals surface area contributed by atoms with Crippen LogP contribution in [0.25, 0.3) is 12.2 Å². The molecule has 0 aliphatic rings. The molecule has 5 N–H and O–H groups in total. The molecule has 0 atom stereocenters. The first kappa shape index (κ1) is 83.4. The van der Waals surface area contributed by atoms with E-state index in [1.807, 2.05) is 53.0 Å². The number of hydrogen-bond acceptors (Lipinski definition) is 27. The molecule has 0 saturated carbocycles. The van der Waals surface area contributed by atoms with E-state index in [0.717, 1.165) is 56.1 Å². The van der Waals surface area contributed by atoms with Crippen molar-refractivity contribution in [3.8, 4) is 23.0 Å². The van der Waals surface area contributed by atoms with Gasteiger partial charge >= 0.3 is 17.9 Å². The van der Waals surface area contributed by atoms with Crippen LogP contribution in [0, 0.1) is 0 Å².